The van der Waals surface area contributed by atoms with E-state index in [1.807, 2.05) is 38.1 Å². The summed E-state index contributed by atoms with van der Waals surface area (Å²) in [6.07, 6.45) is 1.48. The van der Waals surface area contributed by atoms with Crippen molar-refractivity contribution in [1.82, 2.24) is 15.1 Å². The third-order valence-electron chi connectivity index (χ3n) is 5.55. The Bertz CT molecular complexity index is 1460. The van der Waals surface area contributed by atoms with Gasteiger partial charge >= 0.3 is 0 Å². The number of hydrogen-bond acceptors (Lipinski definition) is 7. The Morgan fingerprint density at radius 2 is 1.78 bits per heavy atom. The van der Waals surface area contributed by atoms with Crippen LogP contribution in [0.3, 0.4) is 0 Å². The van der Waals surface area contributed by atoms with Gasteiger partial charge in [0.25, 0.3) is 11.5 Å². The predicted octanol–water partition coefficient (Wildman–Crippen LogP) is 4.56. The van der Waals surface area contributed by atoms with Gasteiger partial charge in [-0.3, -0.25) is 9.59 Å². The van der Waals surface area contributed by atoms with E-state index in [2.05, 4.69) is 15.7 Å². The molecule has 0 spiro atoms. The molecule has 5 rings (SSSR count). The van der Waals surface area contributed by atoms with Crippen LogP contribution in [-0.2, 0) is 0 Å². The minimum absolute atomic E-state index is 0.145. The molecule has 1 amide bonds. The van der Waals surface area contributed by atoms with Crippen molar-refractivity contribution in [3.63, 3.8) is 0 Å². The number of nitrogens with zero attached hydrogens (tertiary/aromatic N) is 2. The lowest BCUT2D eigenvalue weighted by atomic mass is 10.2. The second-order valence-corrected chi connectivity index (χ2v) is 8.12. The van der Waals surface area contributed by atoms with Gasteiger partial charge < -0.3 is 24.8 Å². The van der Waals surface area contributed by atoms with E-state index in [0.717, 1.165) is 5.56 Å². The fourth-order valence-electron chi connectivity index (χ4n) is 3.68. The van der Waals surface area contributed by atoms with E-state index < -0.39 is 5.56 Å². The zero-order chi connectivity index (χ0) is 25.1. The van der Waals surface area contributed by atoms with Gasteiger partial charge in [-0.2, -0.15) is 9.78 Å². The molecule has 0 radical (unpaired) electrons. The van der Waals surface area contributed by atoms with Crippen LogP contribution in [0.5, 0.6) is 23.0 Å². The van der Waals surface area contributed by atoms with Gasteiger partial charge in [-0.05, 0) is 62.4 Å². The van der Waals surface area contributed by atoms with Crippen LogP contribution in [0.15, 0.2) is 77.7 Å². The molecule has 2 heterocycles. The maximum absolute atomic E-state index is 13.6. The van der Waals surface area contributed by atoms with Crippen molar-refractivity contribution >= 4 is 17.3 Å². The molecule has 4 aromatic rings. The van der Waals surface area contributed by atoms with E-state index in [0.29, 0.717) is 40.7 Å². The van der Waals surface area contributed by atoms with Gasteiger partial charge in [0.05, 0.1) is 11.9 Å². The van der Waals surface area contributed by atoms with Crippen LogP contribution in [-0.4, -0.2) is 29.0 Å². The SMILES string of the molecule is CCNC(=O)c1ccc(Nc2c(Oc3ccc4c(c3)OCO4)cnn(-c3ccc(C)cc3)c2=O)cc1. The predicted molar refractivity (Wildman–Crippen MR) is 135 cm³/mol. The molecule has 0 saturated heterocycles. The van der Waals surface area contributed by atoms with E-state index in [9.17, 15) is 9.59 Å². The van der Waals surface area contributed by atoms with E-state index in [4.69, 9.17) is 14.2 Å². The number of anilines is 2. The Balaban J connectivity index is 1.52. The molecule has 2 N–H and O–H groups in total. The number of carbonyl (C=O) groups excluding carboxylic acids is 1. The molecule has 0 saturated carbocycles. The molecule has 0 unspecified atom stereocenters. The van der Waals surface area contributed by atoms with Crippen LogP contribution in [0.2, 0.25) is 0 Å². The maximum Gasteiger partial charge on any atom is 0.299 e. The molecular formula is C27H24N4O5. The zero-order valence-corrected chi connectivity index (χ0v) is 19.8. The highest BCUT2D eigenvalue weighted by molar-refractivity contribution is 5.94. The monoisotopic (exact) mass is 484 g/mol. The number of aryl methyl sites for hydroxylation is 1. The first-order chi connectivity index (χ1) is 17.5. The third kappa shape index (κ3) is 4.72. The van der Waals surface area contributed by atoms with Gasteiger partial charge in [-0.25, -0.2) is 0 Å². The van der Waals surface area contributed by atoms with Crippen LogP contribution in [0.4, 0.5) is 11.4 Å². The Morgan fingerprint density at radius 3 is 2.53 bits per heavy atom. The Morgan fingerprint density at radius 1 is 1.03 bits per heavy atom. The normalized spacial score (nSPS) is 11.7. The van der Waals surface area contributed by atoms with Crippen LogP contribution >= 0.6 is 0 Å². The molecule has 182 valence electrons. The zero-order valence-electron chi connectivity index (χ0n) is 19.8. The first-order valence-electron chi connectivity index (χ1n) is 11.4. The Labute approximate surface area is 207 Å². The number of amides is 1. The maximum atomic E-state index is 13.6. The largest absolute Gasteiger partial charge is 0.454 e. The second kappa shape index (κ2) is 9.83. The molecule has 9 heteroatoms. The standard InChI is InChI=1S/C27H24N4O5/c1-3-28-26(32)18-6-8-19(9-7-18)30-25-24(36-21-12-13-22-23(14-21)35-16-34-22)15-29-31(27(25)33)20-10-4-17(2)5-11-20/h4-15,30H,3,16H2,1-2H3,(H,28,32). The van der Waals surface area contributed by atoms with Crippen molar-refractivity contribution in [2.24, 2.45) is 0 Å². The molecule has 1 aromatic heterocycles. The number of benzene rings is 3. The summed E-state index contributed by atoms with van der Waals surface area (Å²) in [4.78, 5) is 25.7. The lowest BCUT2D eigenvalue weighted by Crippen LogP contribution is -2.24. The fourth-order valence-corrected chi connectivity index (χ4v) is 3.68. The van der Waals surface area contributed by atoms with E-state index >= 15 is 0 Å². The highest BCUT2D eigenvalue weighted by Gasteiger charge is 2.18. The van der Waals surface area contributed by atoms with Gasteiger partial charge in [0.15, 0.2) is 22.9 Å². The first kappa shape index (κ1) is 23.0. The molecular weight excluding hydrogens is 460 g/mol. The number of rotatable bonds is 7. The van der Waals surface area contributed by atoms with E-state index in [-0.39, 0.29) is 24.1 Å². The second-order valence-electron chi connectivity index (χ2n) is 8.12. The average Bonchev–Trinajstić information content (AvgIpc) is 3.35. The molecule has 1 aliphatic heterocycles. The van der Waals surface area contributed by atoms with Crippen molar-refractivity contribution in [1.29, 1.82) is 0 Å². The van der Waals surface area contributed by atoms with Crippen LogP contribution in [0.25, 0.3) is 5.69 Å². The van der Waals surface area contributed by atoms with Crippen molar-refractivity contribution < 1.29 is 19.0 Å². The van der Waals surface area contributed by atoms with Gasteiger partial charge in [0.2, 0.25) is 6.79 Å². The average molecular weight is 485 g/mol. The minimum Gasteiger partial charge on any atom is -0.454 e. The number of carbonyl (C=O) groups is 1. The molecule has 0 aliphatic carbocycles. The lowest BCUT2D eigenvalue weighted by molar-refractivity contribution is 0.0956. The summed E-state index contributed by atoms with van der Waals surface area (Å²) in [5.74, 6) is 1.71. The summed E-state index contributed by atoms with van der Waals surface area (Å²) in [7, 11) is 0. The molecule has 1 aliphatic rings. The number of ether oxygens (including phenoxy) is 3. The Hall–Kier alpha value is -4.79. The van der Waals surface area contributed by atoms with Gasteiger partial charge in [-0.1, -0.05) is 17.7 Å². The van der Waals surface area contributed by atoms with Gasteiger partial charge in [-0.15, -0.1) is 0 Å². The lowest BCUT2D eigenvalue weighted by Gasteiger charge is -2.15. The number of nitrogens with one attached hydrogen (secondary N) is 2. The van der Waals surface area contributed by atoms with Crippen molar-refractivity contribution in [2.45, 2.75) is 13.8 Å². The van der Waals surface area contributed by atoms with Crippen LogP contribution in [0.1, 0.15) is 22.8 Å². The highest BCUT2D eigenvalue weighted by Crippen LogP contribution is 2.37. The minimum atomic E-state index is -0.398. The number of fused-ring (bicyclic) bond motifs is 1. The van der Waals surface area contributed by atoms with E-state index in [1.54, 1.807) is 42.5 Å². The molecule has 3 aromatic carbocycles. The Kier molecular flexibility index (Phi) is 6.27. The van der Waals surface area contributed by atoms with Crippen molar-refractivity contribution in [2.75, 3.05) is 18.7 Å². The summed E-state index contributed by atoms with van der Waals surface area (Å²) in [5.41, 5.74) is 2.61. The molecule has 0 bridgehead atoms. The van der Waals surface area contributed by atoms with E-state index in [1.165, 1.54) is 10.9 Å². The summed E-state index contributed by atoms with van der Waals surface area (Å²) >= 11 is 0. The number of hydrogen-bond donors (Lipinski definition) is 2. The van der Waals surface area contributed by atoms with Gasteiger partial charge in [0.1, 0.15) is 5.75 Å². The summed E-state index contributed by atoms with van der Waals surface area (Å²) in [6, 6.07) is 19.5. The number of aromatic nitrogens is 2. The van der Waals surface area contributed by atoms with Crippen LogP contribution in [0, 0.1) is 6.92 Å². The van der Waals surface area contributed by atoms with Crippen LogP contribution < -0.4 is 30.4 Å². The van der Waals surface area contributed by atoms with Crippen molar-refractivity contribution in [3.05, 3.63) is 94.4 Å². The molecule has 0 atom stereocenters. The fraction of sp³-hybridized carbons (Fsp3) is 0.148. The first-order valence-corrected chi connectivity index (χ1v) is 11.4. The third-order valence-corrected chi connectivity index (χ3v) is 5.55. The summed E-state index contributed by atoms with van der Waals surface area (Å²) in [5, 5.41) is 10.2. The molecule has 36 heavy (non-hydrogen) atoms. The molecule has 0 fully saturated rings. The molecule has 9 nitrogen and oxygen atoms in total. The van der Waals surface area contributed by atoms with Crippen molar-refractivity contribution in [3.8, 4) is 28.7 Å². The topological polar surface area (TPSA) is 104 Å². The summed E-state index contributed by atoms with van der Waals surface area (Å²) < 4.78 is 18.1. The van der Waals surface area contributed by atoms with Gasteiger partial charge in [0, 0.05) is 23.9 Å². The quantitative estimate of drug-likeness (QED) is 0.396. The smallest absolute Gasteiger partial charge is 0.299 e. The highest BCUT2D eigenvalue weighted by atomic mass is 16.7. The summed E-state index contributed by atoms with van der Waals surface area (Å²) in [6.45, 7) is 4.51.